The molecule has 38 heavy (non-hydrogen) atoms. The molecule has 1 heterocycles. The van der Waals surface area contributed by atoms with Gasteiger partial charge >= 0.3 is 12.3 Å². The predicted molar refractivity (Wildman–Crippen MR) is 141 cm³/mol. The van der Waals surface area contributed by atoms with Crippen LogP contribution in [-0.4, -0.2) is 65.5 Å². The minimum Gasteiger partial charge on any atom is -0.444 e. The summed E-state index contributed by atoms with van der Waals surface area (Å²) in [4.78, 5) is 33.1. The Bertz CT molecular complexity index is 1220. The first-order valence-electron chi connectivity index (χ1n) is 12.0. The van der Waals surface area contributed by atoms with E-state index in [1.165, 1.54) is 24.3 Å². The summed E-state index contributed by atoms with van der Waals surface area (Å²) in [7, 11) is 0. The van der Waals surface area contributed by atoms with Gasteiger partial charge in [-0.15, -0.1) is 0 Å². The topological polar surface area (TPSA) is 88.2 Å². The van der Waals surface area contributed by atoms with Gasteiger partial charge in [-0.25, -0.2) is 9.79 Å². The number of nitrogens with two attached hydrogens (primary N) is 1. The Morgan fingerprint density at radius 3 is 2.13 bits per heavy atom. The Kier molecular flexibility index (Phi) is 9.09. The van der Waals surface area contributed by atoms with E-state index in [1.54, 1.807) is 54.8 Å². The van der Waals surface area contributed by atoms with Crippen molar-refractivity contribution < 1.29 is 27.5 Å². The molecule has 2 amide bonds. The Labute approximate surface area is 224 Å². The van der Waals surface area contributed by atoms with Crippen molar-refractivity contribution in [3.05, 3.63) is 76.5 Å². The third-order valence-electron chi connectivity index (χ3n) is 5.58. The number of ether oxygens (including phenoxy) is 1. The summed E-state index contributed by atoms with van der Waals surface area (Å²) in [6.45, 7) is 6.94. The minimum atomic E-state index is -4.74. The zero-order chi connectivity index (χ0) is 28.1. The number of para-hydroxylation sites is 1. The van der Waals surface area contributed by atoms with Gasteiger partial charge in [0.05, 0.1) is 16.4 Å². The van der Waals surface area contributed by atoms with Crippen molar-refractivity contribution in [3.8, 4) is 0 Å². The van der Waals surface area contributed by atoms with Crippen LogP contribution in [0.3, 0.4) is 0 Å². The standard InChI is InChI=1S/C27H30ClF3N4O3/c1-26(2,3)38-25(37)35-14-6-13-34(15-16-35)24(36)19-11-9-18(10-12-19)22(17-23(32)27(29,30)31)33-21-8-5-4-7-20(21)28/h4-5,7-12,17H,6,13-16,32H2,1-3H3. The SMILES string of the molecule is CC(C)(C)OC(=O)N1CCCN(C(=O)c2ccc(C(C=C(N)C(F)(F)F)=Nc3ccccc3Cl)cc2)CC1. The van der Waals surface area contributed by atoms with Gasteiger partial charge in [0.2, 0.25) is 0 Å². The monoisotopic (exact) mass is 550 g/mol. The van der Waals surface area contributed by atoms with Crippen molar-refractivity contribution in [1.82, 2.24) is 9.80 Å². The molecule has 1 aliphatic heterocycles. The number of hydrogen-bond acceptors (Lipinski definition) is 5. The van der Waals surface area contributed by atoms with Crippen LogP contribution in [0.25, 0.3) is 0 Å². The summed E-state index contributed by atoms with van der Waals surface area (Å²) in [5, 5.41) is 0.261. The van der Waals surface area contributed by atoms with Crippen molar-refractivity contribution in [1.29, 1.82) is 0 Å². The zero-order valence-corrected chi connectivity index (χ0v) is 22.1. The van der Waals surface area contributed by atoms with Gasteiger partial charge in [0.1, 0.15) is 11.3 Å². The molecule has 2 aromatic carbocycles. The lowest BCUT2D eigenvalue weighted by molar-refractivity contribution is -0.0925. The largest absolute Gasteiger partial charge is 0.444 e. The van der Waals surface area contributed by atoms with Crippen LogP contribution in [0.4, 0.5) is 23.7 Å². The van der Waals surface area contributed by atoms with E-state index >= 15 is 0 Å². The molecular weight excluding hydrogens is 521 g/mol. The molecule has 0 saturated carbocycles. The Balaban J connectivity index is 1.80. The zero-order valence-electron chi connectivity index (χ0n) is 21.4. The lowest BCUT2D eigenvalue weighted by atomic mass is 10.1. The lowest BCUT2D eigenvalue weighted by Crippen LogP contribution is -2.40. The van der Waals surface area contributed by atoms with Gasteiger partial charge in [0.15, 0.2) is 0 Å². The third-order valence-corrected chi connectivity index (χ3v) is 5.89. The fourth-order valence-corrected chi connectivity index (χ4v) is 3.86. The van der Waals surface area contributed by atoms with E-state index in [0.717, 1.165) is 6.08 Å². The van der Waals surface area contributed by atoms with E-state index in [2.05, 4.69) is 4.99 Å². The number of hydrogen-bond donors (Lipinski definition) is 1. The number of rotatable bonds is 4. The highest BCUT2D eigenvalue weighted by Crippen LogP contribution is 2.27. The van der Waals surface area contributed by atoms with Gasteiger partial charge in [-0.2, -0.15) is 13.2 Å². The first kappa shape index (κ1) is 29.0. The highest BCUT2D eigenvalue weighted by Gasteiger charge is 2.32. The molecule has 1 fully saturated rings. The average molecular weight is 551 g/mol. The smallest absolute Gasteiger partial charge is 0.430 e. The quantitative estimate of drug-likeness (QED) is 0.477. The maximum atomic E-state index is 13.2. The second-order valence-electron chi connectivity index (χ2n) is 9.74. The van der Waals surface area contributed by atoms with Gasteiger partial charge < -0.3 is 20.3 Å². The molecule has 11 heteroatoms. The highest BCUT2D eigenvalue weighted by atomic mass is 35.5. The molecule has 3 rings (SSSR count). The van der Waals surface area contributed by atoms with Crippen LogP contribution in [0.1, 0.15) is 43.1 Å². The van der Waals surface area contributed by atoms with Crippen LogP contribution in [0.5, 0.6) is 0 Å². The van der Waals surface area contributed by atoms with Gasteiger partial charge in [-0.1, -0.05) is 35.9 Å². The molecule has 2 N–H and O–H groups in total. The summed E-state index contributed by atoms with van der Waals surface area (Å²) >= 11 is 6.15. The van der Waals surface area contributed by atoms with Crippen LogP contribution in [0.2, 0.25) is 5.02 Å². The summed E-state index contributed by atoms with van der Waals surface area (Å²) in [6, 6.07) is 12.5. The first-order chi connectivity index (χ1) is 17.7. The Morgan fingerprint density at radius 1 is 0.947 bits per heavy atom. The van der Waals surface area contributed by atoms with Gasteiger partial charge in [0.25, 0.3) is 5.91 Å². The van der Waals surface area contributed by atoms with Gasteiger partial charge in [-0.05, 0) is 57.5 Å². The number of carbonyl (C=O) groups is 2. The summed E-state index contributed by atoms with van der Waals surface area (Å²) in [6.07, 6.45) is -3.84. The lowest BCUT2D eigenvalue weighted by Gasteiger charge is -2.26. The number of aliphatic imine (C=N–C) groups is 1. The fourth-order valence-electron chi connectivity index (χ4n) is 3.68. The summed E-state index contributed by atoms with van der Waals surface area (Å²) in [5.74, 6) is -0.252. The summed E-state index contributed by atoms with van der Waals surface area (Å²) in [5.41, 5.74) is 4.21. The van der Waals surface area contributed by atoms with Crippen molar-refractivity contribution in [3.63, 3.8) is 0 Å². The molecule has 0 unspecified atom stereocenters. The number of halogens is 4. The first-order valence-corrected chi connectivity index (χ1v) is 12.4. The van der Waals surface area contributed by atoms with E-state index in [9.17, 15) is 22.8 Å². The van der Waals surface area contributed by atoms with Crippen LogP contribution in [0, 0.1) is 0 Å². The maximum Gasteiger partial charge on any atom is 0.430 e. The van der Waals surface area contributed by atoms with Crippen LogP contribution < -0.4 is 5.73 Å². The molecule has 0 atom stereocenters. The molecule has 0 spiro atoms. The highest BCUT2D eigenvalue weighted by molar-refractivity contribution is 6.33. The molecule has 1 aliphatic rings. The van der Waals surface area contributed by atoms with E-state index in [4.69, 9.17) is 22.1 Å². The maximum absolute atomic E-state index is 13.2. The fraction of sp³-hybridized carbons (Fsp3) is 0.370. The normalized spacial score (nSPS) is 15.8. The molecular formula is C27H30ClF3N4O3. The molecule has 204 valence electrons. The molecule has 0 bridgehead atoms. The number of allylic oxidation sites excluding steroid dienone is 2. The van der Waals surface area contributed by atoms with Crippen molar-refractivity contribution in [2.75, 3.05) is 26.2 Å². The number of amides is 2. The number of benzene rings is 2. The van der Waals surface area contributed by atoms with E-state index < -0.39 is 23.6 Å². The van der Waals surface area contributed by atoms with Crippen LogP contribution in [-0.2, 0) is 4.74 Å². The van der Waals surface area contributed by atoms with Crippen LogP contribution in [0.15, 0.2) is 65.3 Å². The average Bonchev–Trinajstić information content (AvgIpc) is 3.09. The predicted octanol–water partition coefficient (Wildman–Crippen LogP) is 5.95. The molecule has 2 aromatic rings. The van der Waals surface area contributed by atoms with Gasteiger partial charge in [0, 0.05) is 37.3 Å². The molecule has 0 radical (unpaired) electrons. The van der Waals surface area contributed by atoms with Crippen molar-refractivity contribution >= 4 is 35.0 Å². The Morgan fingerprint density at radius 2 is 1.53 bits per heavy atom. The molecule has 1 saturated heterocycles. The van der Waals surface area contributed by atoms with Gasteiger partial charge in [-0.3, -0.25) is 4.79 Å². The number of alkyl halides is 3. The van der Waals surface area contributed by atoms with Crippen LogP contribution >= 0.6 is 11.6 Å². The third kappa shape index (κ3) is 7.98. The number of nitrogens with zero attached hydrogens (tertiary/aromatic N) is 3. The van der Waals surface area contributed by atoms with Crippen molar-refractivity contribution in [2.24, 2.45) is 10.7 Å². The van der Waals surface area contributed by atoms with E-state index in [1.807, 2.05) is 0 Å². The number of carbonyl (C=O) groups excluding carboxylic acids is 2. The minimum absolute atomic E-state index is 0.0605. The second-order valence-corrected chi connectivity index (χ2v) is 10.1. The summed E-state index contributed by atoms with van der Waals surface area (Å²) < 4.78 is 44.9. The molecule has 0 aromatic heterocycles. The molecule has 7 nitrogen and oxygen atoms in total. The van der Waals surface area contributed by atoms with E-state index in [-0.39, 0.29) is 22.3 Å². The Hall–Kier alpha value is -3.53. The second kappa shape index (κ2) is 11.9. The van der Waals surface area contributed by atoms with E-state index in [0.29, 0.717) is 43.7 Å². The molecule has 0 aliphatic carbocycles. The van der Waals surface area contributed by atoms with Crippen molar-refractivity contribution in [2.45, 2.75) is 39.0 Å².